The molecule has 5 aromatic rings. The van der Waals surface area contributed by atoms with E-state index >= 15 is 0 Å². The Morgan fingerprint density at radius 3 is 2.69 bits per heavy atom. The molecule has 0 bridgehead atoms. The SMILES string of the molecule is COc1ccc(-c2csc3[nH+]cnc(Oc4cccc5ccc(C)nc45)c23)cc1. The van der Waals surface area contributed by atoms with Gasteiger partial charge in [0.2, 0.25) is 0 Å². The zero-order chi connectivity index (χ0) is 19.8. The van der Waals surface area contributed by atoms with Gasteiger partial charge in [-0.3, -0.25) is 0 Å². The smallest absolute Gasteiger partial charge is 0.346 e. The first-order chi connectivity index (χ1) is 14.2. The van der Waals surface area contributed by atoms with Gasteiger partial charge in [0, 0.05) is 22.0 Å². The highest BCUT2D eigenvalue weighted by molar-refractivity contribution is 7.16. The summed E-state index contributed by atoms with van der Waals surface area (Å²) in [7, 11) is 1.67. The molecule has 0 unspecified atom stereocenters. The zero-order valence-corrected chi connectivity index (χ0v) is 16.8. The van der Waals surface area contributed by atoms with E-state index in [0.29, 0.717) is 11.6 Å². The third-order valence-electron chi connectivity index (χ3n) is 4.81. The number of hydrogen-bond donors (Lipinski definition) is 0. The molecule has 142 valence electrons. The summed E-state index contributed by atoms with van der Waals surface area (Å²) in [6.07, 6.45) is 1.66. The Balaban J connectivity index is 1.64. The number of benzene rings is 2. The number of nitrogens with one attached hydrogen (secondary N) is 1. The monoisotopic (exact) mass is 400 g/mol. The number of para-hydroxylation sites is 1. The maximum Gasteiger partial charge on any atom is 0.346 e. The maximum atomic E-state index is 6.31. The van der Waals surface area contributed by atoms with Gasteiger partial charge in [-0.2, -0.15) is 0 Å². The Hall–Kier alpha value is -3.51. The molecule has 0 aliphatic rings. The highest BCUT2D eigenvalue weighted by Crippen LogP contribution is 2.39. The highest BCUT2D eigenvalue weighted by Gasteiger charge is 2.20. The lowest BCUT2D eigenvalue weighted by Crippen LogP contribution is -2.03. The van der Waals surface area contributed by atoms with E-state index in [2.05, 4.69) is 26.4 Å². The molecule has 0 aliphatic carbocycles. The van der Waals surface area contributed by atoms with Crippen LogP contribution in [0, 0.1) is 6.92 Å². The highest BCUT2D eigenvalue weighted by atomic mass is 32.1. The van der Waals surface area contributed by atoms with E-state index in [9.17, 15) is 0 Å². The van der Waals surface area contributed by atoms with Gasteiger partial charge in [0.25, 0.3) is 6.33 Å². The number of hydrogen-bond acceptors (Lipinski definition) is 5. The number of ether oxygens (including phenoxy) is 2. The molecular weight excluding hydrogens is 382 g/mol. The molecule has 1 N–H and O–H groups in total. The molecule has 3 aromatic heterocycles. The number of aromatic amines is 1. The Morgan fingerprint density at radius 1 is 1.00 bits per heavy atom. The molecule has 2 aromatic carbocycles. The minimum absolute atomic E-state index is 0.557. The minimum Gasteiger partial charge on any atom is -0.497 e. The fraction of sp³-hybridized carbons (Fsp3) is 0.0870. The van der Waals surface area contributed by atoms with E-state index in [1.165, 1.54) is 0 Å². The van der Waals surface area contributed by atoms with Crippen LogP contribution in [-0.2, 0) is 0 Å². The van der Waals surface area contributed by atoms with Gasteiger partial charge in [0.15, 0.2) is 10.6 Å². The Kier molecular flexibility index (Phi) is 4.33. The maximum absolute atomic E-state index is 6.31. The quantitative estimate of drug-likeness (QED) is 0.403. The molecule has 0 aliphatic heterocycles. The summed E-state index contributed by atoms with van der Waals surface area (Å²) in [5, 5.41) is 4.10. The molecule has 0 saturated heterocycles. The molecule has 6 heteroatoms. The average molecular weight is 400 g/mol. The van der Waals surface area contributed by atoms with Crippen molar-refractivity contribution in [2.75, 3.05) is 7.11 Å². The van der Waals surface area contributed by atoms with E-state index in [1.807, 2.05) is 55.5 Å². The van der Waals surface area contributed by atoms with Crippen LogP contribution in [0.3, 0.4) is 0 Å². The van der Waals surface area contributed by atoms with E-state index in [-0.39, 0.29) is 0 Å². The van der Waals surface area contributed by atoms with Crippen LogP contribution < -0.4 is 14.5 Å². The van der Waals surface area contributed by atoms with Crippen LogP contribution in [0.2, 0.25) is 0 Å². The van der Waals surface area contributed by atoms with Crippen molar-refractivity contribution in [3.8, 4) is 28.5 Å². The normalized spacial score (nSPS) is 11.1. The number of nitrogens with zero attached hydrogens (tertiary/aromatic N) is 2. The van der Waals surface area contributed by atoms with Gasteiger partial charge in [-0.25, -0.2) is 9.97 Å². The van der Waals surface area contributed by atoms with Crippen molar-refractivity contribution in [2.45, 2.75) is 6.92 Å². The number of aryl methyl sites for hydroxylation is 1. The fourth-order valence-corrected chi connectivity index (χ4v) is 4.28. The lowest BCUT2D eigenvalue weighted by atomic mass is 10.1. The van der Waals surface area contributed by atoms with Crippen molar-refractivity contribution in [3.05, 3.63) is 72.0 Å². The third-order valence-corrected chi connectivity index (χ3v) is 5.72. The average Bonchev–Trinajstić information content (AvgIpc) is 3.19. The van der Waals surface area contributed by atoms with Crippen molar-refractivity contribution in [1.82, 2.24) is 9.97 Å². The van der Waals surface area contributed by atoms with Gasteiger partial charge in [0.05, 0.1) is 7.11 Å². The first-order valence-electron chi connectivity index (χ1n) is 9.19. The molecule has 5 rings (SSSR count). The minimum atomic E-state index is 0.557. The van der Waals surface area contributed by atoms with Crippen molar-refractivity contribution in [2.24, 2.45) is 0 Å². The second kappa shape index (κ2) is 7.14. The summed E-state index contributed by atoms with van der Waals surface area (Å²) in [6, 6.07) is 18.0. The van der Waals surface area contributed by atoms with Crippen LogP contribution in [0.1, 0.15) is 5.69 Å². The molecule has 0 spiro atoms. The molecule has 0 amide bonds. The van der Waals surface area contributed by atoms with E-state index in [1.54, 1.807) is 24.8 Å². The second-order valence-corrected chi connectivity index (χ2v) is 7.55. The van der Waals surface area contributed by atoms with Gasteiger partial charge in [0.1, 0.15) is 16.7 Å². The van der Waals surface area contributed by atoms with Gasteiger partial charge < -0.3 is 9.47 Å². The van der Waals surface area contributed by atoms with Crippen molar-refractivity contribution in [3.63, 3.8) is 0 Å². The third kappa shape index (κ3) is 3.17. The summed E-state index contributed by atoms with van der Waals surface area (Å²) in [6.45, 7) is 1.98. The summed E-state index contributed by atoms with van der Waals surface area (Å²) in [5.41, 5.74) is 3.92. The topological polar surface area (TPSA) is 58.4 Å². The van der Waals surface area contributed by atoms with Gasteiger partial charge >= 0.3 is 5.88 Å². The summed E-state index contributed by atoms with van der Waals surface area (Å²) >= 11 is 1.63. The van der Waals surface area contributed by atoms with Crippen molar-refractivity contribution in [1.29, 1.82) is 0 Å². The van der Waals surface area contributed by atoms with Crippen molar-refractivity contribution >= 4 is 32.5 Å². The number of H-pyrrole nitrogens is 1. The van der Waals surface area contributed by atoms with E-state index in [0.717, 1.165) is 43.7 Å². The summed E-state index contributed by atoms with van der Waals surface area (Å²) in [4.78, 5) is 13.4. The molecule has 0 fully saturated rings. The number of methoxy groups -OCH3 is 1. The molecule has 0 radical (unpaired) electrons. The van der Waals surface area contributed by atoms with Crippen LogP contribution in [0.25, 0.3) is 32.2 Å². The Bertz CT molecular complexity index is 1330. The van der Waals surface area contributed by atoms with Gasteiger partial charge in [-0.1, -0.05) is 30.3 Å². The summed E-state index contributed by atoms with van der Waals surface area (Å²) in [5.74, 6) is 2.08. The molecule has 5 nitrogen and oxygen atoms in total. The molecule has 0 saturated carbocycles. The summed E-state index contributed by atoms with van der Waals surface area (Å²) < 4.78 is 11.6. The standard InChI is InChI=1S/C23H17N3O2S/c1-14-6-7-16-4-3-5-19(21(16)26-14)28-22-20-18(12-29-23(20)25-13-24-22)15-8-10-17(27-2)11-9-15/h3-13H,1-2H3/p+1. The van der Waals surface area contributed by atoms with E-state index in [4.69, 9.17) is 9.47 Å². The number of rotatable bonds is 4. The number of aromatic nitrogens is 3. The van der Waals surface area contributed by atoms with Crippen LogP contribution >= 0.6 is 11.3 Å². The number of pyridine rings is 1. The van der Waals surface area contributed by atoms with E-state index < -0.39 is 0 Å². The number of thiophene rings is 1. The van der Waals surface area contributed by atoms with Gasteiger partial charge in [-0.15, -0.1) is 11.3 Å². The fourth-order valence-electron chi connectivity index (χ4n) is 3.35. The van der Waals surface area contributed by atoms with Crippen LogP contribution in [0.4, 0.5) is 0 Å². The van der Waals surface area contributed by atoms with Crippen molar-refractivity contribution < 1.29 is 14.5 Å². The number of fused-ring (bicyclic) bond motifs is 2. The second-order valence-electron chi connectivity index (χ2n) is 6.67. The first kappa shape index (κ1) is 17.6. The largest absolute Gasteiger partial charge is 0.497 e. The van der Waals surface area contributed by atoms with Gasteiger partial charge in [-0.05, 0) is 41.7 Å². The Morgan fingerprint density at radius 2 is 1.86 bits per heavy atom. The van der Waals surface area contributed by atoms with Crippen LogP contribution in [-0.4, -0.2) is 17.1 Å². The molecular formula is C23H18N3O2S+. The van der Waals surface area contributed by atoms with Crippen LogP contribution in [0.5, 0.6) is 17.4 Å². The molecule has 3 heterocycles. The predicted octanol–water partition coefficient (Wildman–Crippen LogP) is 5.43. The molecule has 29 heavy (non-hydrogen) atoms. The lowest BCUT2D eigenvalue weighted by molar-refractivity contribution is -0.346. The zero-order valence-electron chi connectivity index (χ0n) is 16.0. The molecule has 0 atom stereocenters. The lowest BCUT2D eigenvalue weighted by Gasteiger charge is -2.07. The predicted molar refractivity (Wildman–Crippen MR) is 115 cm³/mol. The Labute approximate surface area is 171 Å². The first-order valence-corrected chi connectivity index (χ1v) is 10.1. The van der Waals surface area contributed by atoms with Crippen LogP contribution in [0.15, 0.2) is 66.3 Å².